The Bertz CT molecular complexity index is 999. The fourth-order valence-electron chi connectivity index (χ4n) is 3.21. The summed E-state index contributed by atoms with van der Waals surface area (Å²) in [5, 5.41) is 5.98. The van der Waals surface area contributed by atoms with Gasteiger partial charge in [0.05, 0.1) is 18.9 Å². The molecule has 0 unspecified atom stereocenters. The van der Waals surface area contributed by atoms with Crippen LogP contribution in [0.25, 0.3) is 11.3 Å². The second-order valence-electron chi connectivity index (χ2n) is 6.57. The van der Waals surface area contributed by atoms with Crippen molar-refractivity contribution in [3.8, 4) is 11.3 Å². The van der Waals surface area contributed by atoms with Crippen LogP contribution < -0.4 is 10.2 Å². The molecule has 1 fully saturated rings. The van der Waals surface area contributed by atoms with Crippen molar-refractivity contribution >= 4 is 39.7 Å². The lowest BCUT2D eigenvalue weighted by Crippen LogP contribution is -2.36. The second-order valence-corrected chi connectivity index (χ2v) is 7.84. The number of morpholine rings is 1. The fourth-order valence-corrected chi connectivity index (χ4v) is 4.15. The predicted molar refractivity (Wildman–Crippen MR) is 115 cm³/mol. The van der Waals surface area contributed by atoms with Crippen molar-refractivity contribution in [2.24, 2.45) is 0 Å². The minimum absolute atomic E-state index is 0.161. The summed E-state index contributed by atoms with van der Waals surface area (Å²) in [6.07, 6.45) is 0. The maximum absolute atomic E-state index is 12.7. The number of hydrogen-bond acceptors (Lipinski definition) is 5. The zero-order chi connectivity index (χ0) is 19.5. The molecule has 0 bridgehead atoms. The lowest BCUT2D eigenvalue weighted by atomic mass is 10.1. The molecule has 0 aliphatic carbocycles. The van der Waals surface area contributed by atoms with Crippen molar-refractivity contribution in [2.45, 2.75) is 6.92 Å². The van der Waals surface area contributed by atoms with Gasteiger partial charge >= 0.3 is 0 Å². The van der Waals surface area contributed by atoms with Gasteiger partial charge in [-0.15, -0.1) is 11.3 Å². The smallest absolute Gasteiger partial charge is 0.257 e. The summed E-state index contributed by atoms with van der Waals surface area (Å²) < 4.78 is 5.40. The molecule has 2 heterocycles. The molecule has 1 amide bonds. The zero-order valence-corrected chi connectivity index (χ0v) is 17.0. The number of carbonyl (C=O) groups excluding carboxylic acids is 1. The van der Waals surface area contributed by atoms with E-state index in [9.17, 15) is 4.79 Å². The molecule has 3 aromatic rings. The molecule has 0 saturated carbocycles. The molecule has 0 radical (unpaired) electrons. The highest BCUT2D eigenvalue weighted by molar-refractivity contribution is 7.14. The molecule has 2 aromatic carbocycles. The summed E-state index contributed by atoms with van der Waals surface area (Å²) in [6.45, 7) is 5.16. The SMILES string of the molecule is Cc1cc(N2CCOCC2)ccc1C(=O)Nc1nc(-c2ccccc2Cl)cs1. The third-order valence-electron chi connectivity index (χ3n) is 4.71. The van der Waals surface area contributed by atoms with Gasteiger partial charge in [-0.1, -0.05) is 29.8 Å². The maximum atomic E-state index is 12.7. The first-order valence-corrected chi connectivity index (χ1v) is 10.3. The number of hydrogen-bond donors (Lipinski definition) is 1. The Labute approximate surface area is 172 Å². The highest BCUT2D eigenvalue weighted by Gasteiger charge is 2.16. The first-order chi connectivity index (χ1) is 13.6. The van der Waals surface area contributed by atoms with Crippen LogP contribution in [-0.4, -0.2) is 37.2 Å². The van der Waals surface area contributed by atoms with Gasteiger partial charge in [-0.2, -0.15) is 0 Å². The van der Waals surface area contributed by atoms with E-state index < -0.39 is 0 Å². The number of halogens is 1. The number of ether oxygens (including phenoxy) is 1. The highest BCUT2D eigenvalue weighted by Crippen LogP contribution is 2.30. The number of aromatic nitrogens is 1. The molecule has 5 nitrogen and oxygen atoms in total. The van der Waals surface area contributed by atoms with Crippen LogP contribution in [0.3, 0.4) is 0 Å². The van der Waals surface area contributed by atoms with Gasteiger partial charge in [0.1, 0.15) is 0 Å². The summed E-state index contributed by atoms with van der Waals surface area (Å²) in [4.78, 5) is 19.5. The minimum atomic E-state index is -0.161. The van der Waals surface area contributed by atoms with E-state index in [1.54, 1.807) is 0 Å². The Morgan fingerprint density at radius 2 is 2.00 bits per heavy atom. The Morgan fingerprint density at radius 3 is 2.75 bits per heavy atom. The molecule has 7 heteroatoms. The number of aryl methyl sites for hydroxylation is 1. The molecule has 4 rings (SSSR count). The Morgan fingerprint density at radius 1 is 1.21 bits per heavy atom. The number of rotatable bonds is 4. The average molecular weight is 414 g/mol. The van der Waals surface area contributed by atoms with Crippen molar-refractivity contribution in [3.05, 3.63) is 64.0 Å². The number of nitrogens with one attached hydrogen (secondary N) is 1. The maximum Gasteiger partial charge on any atom is 0.257 e. The van der Waals surface area contributed by atoms with Gasteiger partial charge in [0.15, 0.2) is 5.13 Å². The summed E-state index contributed by atoms with van der Waals surface area (Å²) in [5.41, 5.74) is 4.31. The third-order valence-corrected chi connectivity index (χ3v) is 5.79. The van der Waals surface area contributed by atoms with Gasteiger partial charge < -0.3 is 9.64 Å². The minimum Gasteiger partial charge on any atom is -0.378 e. The molecule has 0 spiro atoms. The van der Waals surface area contributed by atoms with Crippen molar-refractivity contribution in [1.29, 1.82) is 0 Å². The lowest BCUT2D eigenvalue weighted by Gasteiger charge is -2.29. The van der Waals surface area contributed by atoms with Crippen LogP contribution in [0.2, 0.25) is 5.02 Å². The Hall–Kier alpha value is -2.41. The normalized spacial score (nSPS) is 14.1. The topological polar surface area (TPSA) is 54.5 Å². The van der Waals surface area contributed by atoms with E-state index >= 15 is 0 Å². The van der Waals surface area contributed by atoms with Crippen LogP contribution in [0.4, 0.5) is 10.8 Å². The van der Waals surface area contributed by atoms with E-state index in [0.717, 1.165) is 48.8 Å². The average Bonchev–Trinajstić information content (AvgIpc) is 3.17. The predicted octanol–water partition coefficient (Wildman–Crippen LogP) is 4.86. The first kappa shape index (κ1) is 18.9. The van der Waals surface area contributed by atoms with Crippen LogP contribution in [0.1, 0.15) is 15.9 Å². The molecule has 1 saturated heterocycles. The molecular formula is C21H20ClN3O2S. The number of benzene rings is 2. The van der Waals surface area contributed by atoms with Crippen LogP contribution in [0, 0.1) is 6.92 Å². The van der Waals surface area contributed by atoms with Crippen LogP contribution in [0.5, 0.6) is 0 Å². The van der Waals surface area contributed by atoms with Gasteiger partial charge in [0.2, 0.25) is 0 Å². The summed E-state index contributed by atoms with van der Waals surface area (Å²) in [7, 11) is 0. The molecule has 1 N–H and O–H groups in total. The fraction of sp³-hybridized carbons (Fsp3) is 0.238. The third kappa shape index (κ3) is 4.04. The number of amides is 1. The van der Waals surface area contributed by atoms with Gasteiger partial charge in [-0.05, 0) is 36.8 Å². The zero-order valence-electron chi connectivity index (χ0n) is 15.4. The standard InChI is InChI=1S/C21H20ClN3O2S/c1-14-12-15(25-8-10-27-11-9-25)6-7-16(14)20(26)24-21-23-19(13-28-21)17-4-2-3-5-18(17)22/h2-7,12-13H,8-11H2,1H3,(H,23,24,26). The van der Waals surface area contributed by atoms with Crippen LogP contribution >= 0.6 is 22.9 Å². The lowest BCUT2D eigenvalue weighted by molar-refractivity contribution is 0.102. The quantitative estimate of drug-likeness (QED) is 0.663. The van der Waals surface area contributed by atoms with Gasteiger partial charge in [-0.3, -0.25) is 10.1 Å². The van der Waals surface area contributed by atoms with Gasteiger partial charge in [0, 0.05) is 40.3 Å². The molecule has 1 aliphatic heterocycles. The van der Waals surface area contributed by atoms with E-state index in [4.69, 9.17) is 16.3 Å². The van der Waals surface area contributed by atoms with Gasteiger partial charge in [-0.25, -0.2) is 4.98 Å². The number of nitrogens with zero attached hydrogens (tertiary/aromatic N) is 2. The van der Waals surface area contributed by atoms with E-state index in [1.165, 1.54) is 11.3 Å². The summed E-state index contributed by atoms with van der Waals surface area (Å²) in [6, 6.07) is 13.5. The van der Waals surface area contributed by atoms with Crippen LogP contribution in [0.15, 0.2) is 47.8 Å². The molecule has 28 heavy (non-hydrogen) atoms. The molecule has 144 valence electrons. The van der Waals surface area contributed by atoms with Gasteiger partial charge in [0.25, 0.3) is 5.91 Å². The monoisotopic (exact) mass is 413 g/mol. The van der Waals surface area contributed by atoms with E-state index in [0.29, 0.717) is 15.7 Å². The highest BCUT2D eigenvalue weighted by atomic mass is 35.5. The van der Waals surface area contributed by atoms with Crippen molar-refractivity contribution in [2.75, 3.05) is 36.5 Å². The molecule has 1 aliphatic rings. The van der Waals surface area contributed by atoms with E-state index in [2.05, 4.69) is 21.3 Å². The molecular weight excluding hydrogens is 394 g/mol. The summed E-state index contributed by atoms with van der Waals surface area (Å²) >= 11 is 7.62. The van der Waals surface area contributed by atoms with Crippen molar-refractivity contribution in [3.63, 3.8) is 0 Å². The molecule has 0 atom stereocenters. The van der Waals surface area contributed by atoms with Crippen LogP contribution in [-0.2, 0) is 4.74 Å². The number of anilines is 2. The van der Waals surface area contributed by atoms with E-state index in [-0.39, 0.29) is 5.91 Å². The number of thiazole rings is 1. The molecule has 1 aromatic heterocycles. The summed E-state index contributed by atoms with van der Waals surface area (Å²) in [5.74, 6) is -0.161. The van der Waals surface area contributed by atoms with E-state index in [1.807, 2.05) is 48.7 Å². The first-order valence-electron chi connectivity index (χ1n) is 9.07. The Balaban J connectivity index is 1.49. The second kappa shape index (κ2) is 8.31. The number of carbonyl (C=O) groups is 1. The Kier molecular flexibility index (Phi) is 5.62. The van der Waals surface area contributed by atoms with Crippen molar-refractivity contribution < 1.29 is 9.53 Å². The largest absolute Gasteiger partial charge is 0.378 e. The van der Waals surface area contributed by atoms with Crippen molar-refractivity contribution in [1.82, 2.24) is 4.98 Å².